The number of non-ortho nitro benzene ring substituents is 1. The Morgan fingerprint density at radius 3 is 2.71 bits per heavy atom. The molecular weight excluding hydrogens is 360 g/mol. The van der Waals surface area contributed by atoms with Crippen LogP contribution in [0.3, 0.4) is 0 Å². The monoisotopic (exact) mass is 378 g/mol. The number of rotatable bonds is 7. The number of amides is 1. The van der Waals surface area contributed by atoms with E-state index in [9.17, 15) is 14.9 Å². The van der Waals surface area contributed by atoms with Crippen LogP contribution in [0.15, 0.2) is 70.2 Å². The summed E-state index contributed by atoms with van der Waals surface area (Å²) in [5.74, 6) is 0.577. The average Bonchev–Trinajstić information content (AvgIpc) is 3.16. The van der Waals surface area contributed by atoms with Crippen molar-refractivity contribution in [3.8, 4) is 11.3 Å². The van der Waals surface area contributed by atoms with Gasteiger partial charge in [0.2, 0.25) is 0 Å². The number of nitro benzene ring substituents is 1. The highest BCUT2D eigenvalue weighted by molar-refractivity contribution is 5.83. The van der Waals surface area contributed by atoms with E-state index >= 15 is 0 Å². The van der Waals surface area contributed by atoms with Crippen LogP contribution in [0.2, 0.25) is 0 Å². The highest BCUT2D eigenvalue weighted by Crippen LogP contribution is 2.25. The van der Waals surface area contributed by atoms with Gasteiger partial charge in [-0.05, 0) is 31.2 Å². The zero-order valence-electron chi connectivity index (χ0n) is 15.1. The van der Waals surface area contributed by atoms with Crippen molar-refractivity contribution in [1.29, 1.82) is 0 Å². The van der Waals surface area contributed by atoms with Gasteiger partial charge in [0.1, 0.15) is 11.5 Å². The zero-order valence-corrected chi connectivity index (χ0v) is 15.1. The maximum absolute atomic E-state index is 11.8. The van der Waals surface area contributed by atoms with E-state index in [1.54, 1.807) is 24.3 Å². The number of benzene rings is 2. The lowest BCUT2D eigenvalue weighted by Gasteiger charge is -2.05. The zero-order chi connectivity index (χ0) is 19.9. The lowest BCUT2D eigenvalue weighted by atomic mass is 10.1. The van der Waals surface area contributed by atoms with Gasteiger partial charge in [0, 0.05) is 23.4 Å². The summed E-state index contributed by atoms with van der Waals surface area (Å²) in [6, 6.07) is 17.2. The van der Waals surface area contributed by atoms with Gasteiger partial charge in [0.05, 0.1) is 17.7 Å². The van der Waals surface area contributed by atoms with Crippen LogP contribution < -0.4 is 10.7 Å². The highest BCUT2D eigenvalue weighted by atomic mass is 16.6. The number of hydrogen-bond donors (Lipinski definition) is 2. The molecule has 0 unspecified atom stereocenters. The van der Waals surface area contributed by atoms with Crippen molar-refractivity contribution in [2.45, 2.75) is 6.92 Å². The Hall–Kier alpha value is -3.94. The molecule has 0 aliphatic heterocycles. The number of carbonyl (C=O) groups excluding carboxylic acids is 1. The van der Waals surface area contributed by atoms with Gasteiger partial charge in [-0.25, -0.2) is 5.43 Å². The fourth-order valence-corrected chi connectivity index (χ4v) is 2.41. The Morgan fingerprint density at radius 1 is 1.18 bits per heavy atom. The smallest absolute Gasteiger partial charge is 0.270 e. The second-order valence-electron chi connectivity index (χ2n) is 6.02. The Kier molecular flexibility index (Phi) is 5.81. The van der Waals surface area contributed by atoms with E-state index < -0.39 is 4.92 Å². The number of anilines is 1. The van der Waals surface area contributed by atoms with E-state index in [1.165, 1.54) is 18.3 Å². The first-order chi connectivity index (χ1) is 13.5. The van der Waals surface area contributed by atoms with Crippen LogP contribution in [-0.4, -0.2) is 23.6 Å². The molecular formula is C20H18N4O4. The molecule has 0 bridgehead atoms. The van der Waals surface area contributed by atoms with Crippen molar-refractivity contribution in [1.82, 2.24) is 5.43 Å². The lowest BCUT2D eigenvalue weighted by molar-refractivity contribution is -0.384. The molecule has 0 fully saturated rings. The van der Waals surface area contributed by atoms with Crippen LogP contribution in [-0.2, 0) is 4.79 Å². The molecule has 0 saturated heterocycles. The predicted octanol–water partition coefficient (Wildman–Crippen LogP) is 3.73. The summed E-state index contributed by atoms with van der Waals surface area (Å²) < 4.78 is 5.59. The van der Waals surface area contributed by atoms with Gasteiger partial charge < -0.3 is 9.73 Å². The molecule has 2 N–H and O–H groups in total. The van der Waals surface area contributed by atoms with Crippen molar-refractivity contribution in [2.24, 2.45) is 5.10 Å². The SMILES string of the molecule is Cc1ccc(NCC(=O)N/N=C/c2ccc(-c3cccc([N+](=O)[O-])c3)o2)cc1. The fourth-order valence-electron chi connectivity index (χ4n) is 2.41. The summed E-state index contributed by atoms with van der Waals surface area (Å²) in [7, 11) is 0. The molecule has 3 aromatic rings. The number of nitro groups is 1. The summed E-state index contributed by atoms with van der Waals surface area (Å²) in [5, 5.41) is 17.7. The molecule has 8 heteroatoms. The van der Waals surface area contributed by atoms with Crippen molar-refractivity contribution in [3.05, 3.63) is 82.1 Å². The number of aryl methyl sites for hydroxylation is 1. The summed E-state index contributed by atoms with van der Waals surface area (Å²) >= 11 is 0. The molecule has 0 spiro atoms. The maximum atomic E-state index is 11.8. The Balaban J connectivity index is 1.53. The molecule has 0 atom stereocenters. The van der Waals surface area contributed by atoms with Gasteiger partial charge >= 0.3 is 0 Å². The number of nitrogens with zero attached hydrogens (tertiary/aromatic N) is 2. The summed E-state index contributed by atoms with van der Waals surface area (Å²) in [6.45, 7) is 2.07. The van der Waals surface area contributed by atoms with Crippen molar-refractivity contribution >= 4 is 23.5 Å². The first-order valence-corrected chi connectivity index (χ1v) is 8.48. The Labute approximate surface area is 161 Å². The number of nitrogens with one attached hydrogen (secondary N) is 2. The third kappa shape index (κ3) is 5.04. The molecule has 3 rings (SSSR count). The van der Waals surface area contributed by atoms with Crippen molar-refractivity contribution in [3.63, 3.8) is 0 Å². The van der Waals surface area contributed by atoms with Crippen LogP contribution in [0.25, 0.3) is 11.3 Å². The number of furan rings is 1. The second-order valence-corrected chi connectivity index (χ2v) is 6.02. The van der Waals surface area contributed by atoms with Gasteiger partial charge in [0.15, 0.2) is 0 Å². The quantitative estimate of drug-likeness (QED) is 0.370. The molecule has 8 nitrogen and oxygen atoms in total. The van der Waals surface area contributed by atoms with Gasteiger partial charge in [0.25, 0.3) is 11.6 Å². The lowest BCUT2D eigenvalue weighted by Crippen LogP contribution is -2.25. The van der Waals surface area contributed by atoms with Crippen molar-refractivity contribution < 1.29 is 14.1 Å². The second kappa shape index (κ2) is 8.63. The van der Waals surface area contributed by atoms with Crippen LogP contribution in [0.1, 0.15) is 11.3 Å². The van der Waals surface area contributed by atoms with Gasteiger partial charge in [-0.15, -0.1) is 0 Å². The molecule has 1 amide bonds. The topological polar surface area (TPSA) is 110 Å². The summed E-state index contributed by atoms with van der Waals surface area (Å²) in [4.78, 5) is 22.2. The molecule has 0 radical (unpaired) electrons. The van der Waals surface area contributed by atoms with Crippen LogP contribution >= 0.6 is 0 Å². The van der Waals surface area contributed by atoms with Gasteiger partial charge in [-0.1, -0.05) is 29.8 Å². The average molecular weight is 378 g/mol. The molecule has 0 aliphatic rings. The molecule has 28 heavy (non-hydrogen) atoms. The third-order valence-corrected chi connectivity index (χ3v) is 3.85. The van der Waals surface area contributed by atoms with E-state index in [2.05, 4.69) is 15.8 Å². The first-order valence-electron chi connectivity index (χ1n) is 8.48. The number of hydrogen-bond acceptors (Lipinski definition) is 6. The van der Waals surface area contributed by atoms with E-state index in [-0.39, 0.29) is 18.1 Å². The minimum Gasteiger partial charge on any atom is -0.455 e. The maximum Gasteiger partial charge on any atom is 0.270 e. The van der Waals surface area contributed by atoms with Crippen LogP contribution in [0.5, 0.6) is 0 Å². The minimum atomic E-state index is -0.463. The largest absolute Gasteiger partial charge is 0.455 e. The van der Waals surface area contributed by atoms with E-state index in [0.29, 0.717) is 17.1 Å². The van der Waals surface area contributed by atoms with E-state index in [4.69, 9.17) is 4.42 Å². The summed E-state index contributed by atoms with van der Waals surface area (Å²) in [5.41, 5.74) is 4.96. The van der Waals surface area contributed by atoms with Crippen LogP contribution in [0, 0.1) is 17.0 Å². The first kappa shape index (κ1) is 18.8. The normalized spacial score (nSPS) is 10.8. The van der Waals surface area contributed by atoms with E-state index in [0.717, 1.165) is 11.3 Å². The number of hydrazone groups is 1. The molecule has 1 heterocycles. The van der Waals surface area contributed by atoms with Crippen LogP contribution in [0.4, 0.5) is 11.4 Å². The standard InChI is InChI=1S/C20H18N4O4/c1-14-5-7-16(8-6-14)21-13-20(25)23-22-12-18-9-10-19(28-18)15-3-2-4-17(11-15)24(26)27/h2-12,21H,13H2,1H3,(H,23,25)/b22-12+. The third-order valence-electron chi connectivity index (χ3n) is 3.85. The molecule has 0 aliphatic carbocycles. The fraction of sp³-hybridized carbons (Fsp3) is 0.100. The van der Waals surface area contributed by atoms with Gasteiger partial charge in [-0.3, -0.25) is 14.9 Å². The number of carbonyl (C=O) groups is 1. The van der Waals surface area contributed by atoms with E-state index in [1.807, 2.05) is 31.2 Å². The minimum absolute atomic E-state index is 0.0162. The molecule has 142 valence electrons. The molecule has 0 saturated carbocycles. The molecule has 1 aromatic heterocycles. The summed E-state index contributed by atoms with van der Waals surface area (Å²) in [6.07, 6.45) is 1.37. The Bertz CT molecular complexity index is 1010. The highest BCUT2D eigenvalue weighted by Gasteiger charge is 2.09. The predicted molar refractivity (Wildman–Crippen MR) is 106 cm³/mol. The molecule has 2 aromatic carbocycles. The van der Waals surface area contributed by atoms with Crippen molar-refractivity contribution in [2.75, 3.05) is 11.9 Å². The van der Waals surface area contributed by atoms with Gasteiger partial charge in [-0.2, -0.15) is 5.10 Å². The Morgan fingerprint density at radius 2 is 1.96 bits per heavy atom.